The van der Waals surface area contributed by atoms with Crippen LogP contribution >= 0.6 is 46.4 Å². The molecule has 1 aliphatic rings. The molecule has 2 aromatic rings. The first-order valence-electron chi connectivity index (χ1n) is 9.22. The number of carbonyl (C=O) groups excluding carboxylic acids is 2. The zero-order valence-electron chi connectivity index (χ0n) is 16.0. The molecule has 2 amide bonds. The van der Waals surface area contributed by atoms with Crippen LogP contribution in [-0.4, -0.2) is 31.7 Å². The van der Waals surface area contributed by atoms with Gasteiger partial charge in [0.2, 0.25) is 11.8 Å². The topological polar surface area (TPSA) is 92.3 Å². The molecular formula is C20H18Cl4N2O4S. The summed E-state index contributed by atoms with van der Waals surface area (Å²) >= 11 is 23.8. The number of anilines is 2. The molecule has 1 fully saturated rings. The minimum atomic E-state index is -3.36. The van der Waals surface area contributed by atoms with E-state index in [4.69, 9.17) is 46.4 Å². The van der Waals surface area contributed by atoms with Crippen molar-refractivity contribution in [3.05, 3.63) is 56.5 Å². The van der Waals surface area contributed by atoms with Crippen LogP contribution in [0.3, 0.4) is 0 Å². The molecule has 6 nitrogen and oxygen atoms in total. The average molecular weight is 524 g/mol. The smallest absolute Gasteiger partial charge is 0.224 e. The van der Waals surface area contributed by atoms with Crippen LogP contribution in [0, 0.1) is 11.8 Å². The fourth-order valence-corrected chi connectivity index (χ4v) is 6.64. The molecule has 0 aliphatic carbocycles. The summed E-state index contributed by atoms with van der Waals surface area (Å²) in [6, 6.07) is 9.28. The van der Waals surface area contributed by atoms with Gasteiger partial charge in [0.25, 0.3) is 0 Å². The maximum atomic E-state index is 12.5. The van der Waals surface area contributed by atoms with Crippen molar-refractivity contribution in [2.24, 2.45) is 11.8 Å². The molecule has 0 bridgehead atoms. The zero-order valence-corrected chi connectivity index (χ0v) is 19.8. The third-order valence-electron chi connectivity index (χ3n) is 4.91. The summed E-state index contributed by atoms with van der Waals surface area (Å²) in [7, 11) is -3.36. The predicted molar refractivity (Wildman–Crippen MR) is 125 cm³/mol. The van der Waals surface area contributed by atoms with E-state index in [-0.39, 0.29) is 34.4 Å². The second-order valence-corrected chi connectivity index (χ2v) is 11.2. The summed E-state index contributed by atoms with van der Waals surface area (Å²) in [5.41, 5.74) is 0.757. The van der Waals surface area contributed by atoms with E-state index < -0.39 is 33.5 Å². The Bertz CT molecular complexity index is 1040. The second kappa shape index (κ2) is 9.96. The van der Waals surface area contributed by atoms with E-state index >= 15 is 0 Å². The summed E-state index contributed by atoms with van der Waals surface area (Å²) < 4.78 is 24.4. The molecule has 11 heteroatoms. The van der Waals surface area contributed by atoms with E-state index in [9.17, 15) is 18.0 Å². The Balaban J connectivity index is 1.64. The van der Waals surface area contributed by atoms with Crippen LogP contribution in [0.2, 0.25) is 20.1 Å². The number of hydrogen-bond donors (Lipinski definition) is 2. The molecule has 0 spiro atoms. The van der Waals surface area contributed by atoms with Crippen LogP contribution in [0.1, 0.15) is 12.8 Å². The van der Waals surface area contributed by atoms with E-state index in [2.05, 4.69) is 10.6 Å². The molecule has 166 valence electrons. The fraction of sp³-hybridized carbons (Fsp3) is 0.300. The molecule has 2 aromatic carbocycles. The van der Waals surface area contributed by atoms with E-state index in [0.717, 1.165) is 0 Å². The number of rotatable bonds is 6. The molecule has 31 heavy (non-hydrogen) atoms. The van der Waals surface area contributed by atoms with Gasteiger partial charge in [-0.1, -0.05) is 46.4 Å². The van der Waals surface area contributed by atoms with Crippen LogP contribution < -0.4 is 10.6 Å². The van der Waals surface area contributed by atoms with E-state index in [1.807, 2.05) is 0 Å². The summed E-state index contributed by atoms with van der Waals surface area (Å²) in [4.78, 5) is 25.0. The van der Waals surface area contributed by atoms with Crippen molar-refractivity contribution >= 4 is 79.4 Å². The number of amides is 2. The van der Waals surface area contributed by atoms with Crippen molar-refractivity contribution in [3.63, 3.8) is 0 Å². The highest BCUT2D eigenvalue weighted by atomic mass is 35.5. The van der Waals surface area contributed by atoms with Gasteiger partial charge < -0.3 is 10.6 Å². The molecule has 2 atom stereocenters. The third-order valence-corrected chi connectivity index (χ3v) is 7.88. The number of benzene rings is 2. The van der Waals surface area contributed by atoms with Crippen LogP contribution in [0.15, 0.2) is 36.4 Å². The third kappa shape index (κ3) is 6.73. The first-order valence-corrected chi connectivity index (χ1v) is 12.6. The highest BCUT2D eigenvalue weighted by molar-refractivity contribution is 7.91. The molecule has 0 radical (unpaired) electrons. The quantitative estimate of drug-likeness (QED) is 0.536. The normalized spacial score (nSPS) is 19.7. The summed E-state index contributed by atoms with van der Waals surface area (Å²) in [6.45, 7) is 0. The summed E-state index contributed by atoms with van der Waals surface area (Å²) in [5.74, 6) is -2.09. The molecule has 1 aliphatic heterocycles. The second-order valence-electron chi connectivity index (χ2n) is 7.35. The molecular weight excluding hydrogens is 506 g/mol. The monoisotopic (exact) mass is 522 g/mol. The lowest BCUT2D eigenvalue weighted by molar-refractivity contribution is -0.119. The number of nitrogens with one attached hydrogen (secondary N) is 2. The Morgan fingerprint density at radius 2 is 1.16 bits per heavy atom. The van der Waals surface area contributed by atoms with Gasteiger partial charge in [-0.15, -0.1) is 0 Å². The standard InChI is InChI=1S/C20H18Cl4N2O4S/c21-13-1-3-17(15(23)7-13)25-19(27)5-11-9-31(29,30)10-12(11)6-20(28)26-18-4-2-14(22)8-16(18)24/h1-4,7-8,11-12H,5-6,9-10H2,(H,25,27)(H,26,28). The van der Waals surface area contributed by atoms with Gasteiger partial charge in [-0.25, -0.2) is 8.42 Å². The Kier molecular flexibility index (Phi) is 7.76. The molecule has 2 unspecified atom stereocenters. The van der Waals surface area contributed by atoms with Gasteiger partial charge in [0.05, 0.1) is 32.9 Å². The Morgan fingerprint density at radius 3 is 1.52 bits per heavy atom. The predicted octanol–water partition coefficient (Wildman–Crippen LogP) is 5.32. The molecule has 0 aromatic heterocycles. The molecule has 3 rings (SSSR count). The number of carbonyl (C=O) groups is 2. The first kappa shape index (κ1) is 24.1. The Hall–Kier alpha value is -1.51. The minimum Gasteiger partial charge on any atom is -0.325 e. The lowest BCUT2D eigenvalue weighted by atomic mass is 9.89. The maximum absolute atomic E-state index is 12.5. The van der Waals surface area contributed by atoms with Crippen LogP contribution in [0.25, 0.3) is 0 Å². The fourth-order valence-electron chi connectivity index (χ4n) is 3.50. The number of hydrogen-bond acceptors (Lipinski definition) is 4. The van der Waals surface area contributed by atoms with Gasteiger partial charge in [0, 0.05) is 22.9 Å². The van der Waals surface area contributed by atoms with Gasteiger partial charge >= 0.3 is 0 Å². The van der Waals surface area contributed by atoms with Gasteiger partial charge in [0.1, 0.15) is 0 Å². The van der Waals surface area contributed by atoms with Crippen molar-refractivity contribution in [3.8, 4) is 0 Å². The van der Waals surface area contributed by atoms with Crippen molar-refractivity contribution in [2.45, 2.75) is 12.8 Å². The lowest BCUT2D eigenvalue weighted by Crippen LogP contribution is -2.25. The van der Waals surface area contributed by atoms with E-state index in [1.165, 1.54) is 12.1 Å². The van der Waals surface area contributed by atoms with Crippen molar-refractivity contribution < 1.29 is 18.0 Å². The van der Waals surface area contributed by atoms with Gasteiger partial charge in [0.15, 0.2) is 9.84 Å². The Morgan fingerprint density at radius 1 is 0.774 bits per heavy atom. The lowest BCUT2D eigenvalue weighted by Gasteiger charge is -2.18. The van der Waals surface area contributed by atoms with Crippen molar-refractivity contribution in [1.82, 2.24) is 0 Å². The average Bonchev–Trinajstić information content (AvgIpc) is 2.92. The van der Waals surface area contributed by atoms with Gasteiger partial charge in [-0.2, -0.15) is 0 Å². The SMILES string of the molecule is O=C(CC1CS(=O)(=O)CC1CC(=O)Nc1ccc(Cl)cc1Cl)Nc1ccc(Cl)cc1Cl. The molecule has 1 saturated heterocycles. The summed E-state index contributed by atoms with van der Waals surface area (Å²) in [6.07, 6.45) is -0.115. The molecule has 1 heterocycles. The number of sulfone groups is 1. The molecule has 2 N–H and O–H groups in total. The number of halogens is 4. The highest BCUT2D eigenvalue weighted by Crippen LogP contribution is 2.33. The Labute approximate surface area is 200 Å². The highest BCUT2D eigenvalue weighted by Gasteiger charge is 2.39. The summed E-state index contributed by atoms with van der Waals surface area (Å²) in [5, 5.41) is 6.73. The van der Waals surface area contributed by atoms with Crippen LogP contribution in [0.4, 0.5) is 11.4 Å². The molecule has 0 saturated carbocycles. The van der Waals surface area contributed by atoms with E-state index in [1.54, 1.807) is 24.3 Å². The zero-order chi connectivity index (χ0) is 22.8. The first-order chi connectivity index (χ1) is 14.5. The van der Waals surface area contributed by atoms with Crippen LogP contribution in [-0.2, 0) is 19.4 Å². The van der Waals surface area contributed by atoms with E-state index in [0.29, 0.717) is 21.4 Å². The van der Waals surface area contributed by atoms with Crippen LogP contribution in [0.5, 0.6) is 0 Å². The maximum Gasteiger partial charge on any atom is 0.224 e. The minimum absolute atomic E-state index is 0.0577. The van der Waals surface area contributed by atoms with Gasteiger partial charge in [-0.05, 0) is 48.2 Å². The van der Waals surface area contributed by atoms with Crippen molar-refractivity contribution in [2.75, 3.05) is 22.1 Å². The largest absolute Gasteiger partial charge is 0.325 e. The van der Waals surface area contributed by atoms with Gasteiger partial charge in [-0.3, -0.25) is 9.59 Å². The van der Waals surface area contributed by atoms with Crippen molar-refractivity contribution in [1.29, 1.82) is 0 Å².